The summed E-state index contributed by atoms with van der Waals surface area (Å²) in [5.74, 6) is -5.09. The van der Waals surface area contributed by atoms with Gasteiger partial charge in [-0.3, -0.25) is 4.79 Å². The minimum absolute atomic E-state index is 0.116. The van der Waals surface area contributed by atoms with Crippen LogP contribution in [0.25, 0.3) is 0 Å². The fraction of sp³-hybridized carbons (Fsp3) is 0.462. The van der Waals surface area contributed by atoms with Crippen LogP contribution in [0.4, 0.5) is 14.5 Å². The van der Waals surface area contributed by atoms with Crippen molar-refractivity contribution in [2.75, 3.05) is 18.0 Å². The number of halogens is 2. The molecule has 1 N–H and O–H groups in total. The van der Waals surface area contributed by atoms with Gasteiger partial charge in [0.15, 0.2) is 0 Å². The van der Waals surface area contributed by atoms with Crippen LogP contribution in [0.15, 0.2) is 29.2 Å². The molecule has 1 unspecified atom stereocenters. The number of carboxylic acids is 1. The second-order valence-electron chi connectivity index (χ2n) is 4.90. The van der Waals surface area contributed by atoms with E-state index in [1.165, 1.54) is 12.1 Å². The average Bonchev–Trinajstić information content (AvgIpc) is 2.47. The molecule has 1 heterocycles. The Morgan fingerprint density at radius 3 is 2.62 bits per heavy atom. The zero-order chi connectivity index (χ0) is 15.6. The molecule has 5 nitrogen and oxygen atoms in total. The Kier molecular flexibility index (Phi) is 4.46. The van der Waals surface area contributed by atoms with Gasteiger partial charge in [-0.15, -0.1) is 0 Å². The molecule has 1 atom stereocenters. The van der Waals surface area contributed by atoms with Crippen LogP contribution >= 0.6 is 0 Å². The maximum atomic E-state index is 12.7. The number of aliphatic carboxylic acids is 1. The molecular formula is C13H15F2NO4S. The van der Waals surface area contributed by atoms with Gasteiger partial charge in [0, 0.05) is 13.1 Å². The standard InChI is InChI=1S/C13H15F2NO4S/c14-13(15)21(19,20)11-6-2-1-5-10(11)16-7-3-4-9(8-16)12(17)18/h1-2,5-6,9,13H,3-4,7-8H2,(H,17,18). The zero-order valence-electron chi connectivity index (χ0n) is 11.1. The number of hydrogen-bond donors (Lipinski definition) is 1. The van der Waals surface area contributed by atoms with Gasteiger partial charge in [0.2, 0.25) is 9.84 Å². The van der Waals surface area contributed by atoms with Gasteiger partial charge in [-0.25, -0.2) is 8.42 Å². The zero-order valence-corrected chi connectivity index (χ0v) is 11.9. The third kappa shape index (κ3) is 3.15. The smallest absolute Gasteiger partial charge is 0.341 e. The van der Waals surface area contributed by atoms with Gasteiger partial charge in [-0.2, -0.15) is 8.78 Å². The molecule has 0 saturated carbocycles. The van der Waals surface area contributed by atoms with Crippen molar-refractivity contribution in [2.45, 2.75) is 23.5 Å². The number of piperidine rings is 1. The van der Waals surface area contributed by atoms with Gasteiger partial charge < -0.3 is 10.0 Å². The minimum atomic E-state index is -4.72. The van der Waals surface area contributed by atoms with Gasteiger partial charge in [-0.05, 0) is 25.0 Å². The number of benzene rings is 1. The summed E-state index contributed by atoms with van der Waals surface area (Å²) in [6.45, 7) is 0.560. The Morgan fingerprint density at radius 1 is 1.33 bits per heavy atom. The van der Waals surface area contributed by atoms with Crippen LogP contribution in [-0.2, 0) is 14.6 Å². The predicted octanol–water partition coefficient (Wildman–Crippen LogP) is 1.98. The molecule has 1 aromatic carbocycles. The predicted molar refractivity (Wildman–Crippen MR) is 72.2 cm³/mol. The molecule has 116 valence electrons. The van der Waals surface area contributed by atoms with Gasteiger partial charge >= 0.3 is 11.7 Å². The number of carbonyl (C=O) groups is 1. The van der Waals surface area contributed by atoms with Crippen LogP contribution in [0.3, 0.4) is 0 Å². The van der Waals surface area contributed by atoms with E-state index in [4.69, 9.17) is 5.11 Å². The minimum Gasteiger partial charge on any atom is -0.481 e. The number of sulfone groups is 1. The number of para-hydroxylation sites is 1. The molecule has 8 heteroatoms. The molecule has 0 amide bonds. The van der Waals surface area contributed by atoms with Crippen molar-refractivity contribution in [3.8, 4) is 0 Å². The average molecular weight is 319 g/mol. The maximum absolute atomic E-state index is 12.7. The number of rotatable bonds is 4. The molecule has 1 aromatic rings. The molecule has 21 heavy (non-hydrogen) atoms. The molecule has 1 fully saturated rings. The first-order valence-electron chi connectivity index (χ1n) is 6.43. The monoisotopic (exact) mass is 319 g/mol. The first kappa shape index (κ1) is 15.7. The number of hydrogen-bond acceptors (Lipinski definition) is 4. The van der Waals surface area contributed by atoms with E-state index >= 15 is 0 Å². The Bertz CT molecular complexity index is 633. The summed E-state index contributed by atoms with van der Waals surface area (Å²) >= 11 is 0. The number of nitrogens with zero attached hydrogens (tertiary/aromatic N) is 1. The summed E-state index contributed by atoms with van der Waals surface area (Å²) < 4.78 is 48.9. The second kappa shape index (κ2) is 5.97. The third-order valence-corrected chi connectivity index (χ3v) is 4.95. The van der Waals surface area contributed by atoms with Crippen molar-refractivity contribution in [1.29, 1.82) is 0 Å². The van der Waals surface area contributed by atoms with Crippen molar-refractivity contribution >= 4 is 21.5 Å². The van der Waals surface area contributed by atoms with Crippen molar-refractivity contribution in [3.63, 3.8) is 0 Å². The Balaban J connectivity index is 2.39. The summed E-state index contributed by atoms with van der Waals surface area (Å²) in [6, 6.07) is 5.47. The Labute approximate surface area is 121 Å². The largest absolute Gasteiger partial charge is 0.481 e. The topological polar surface area (TPSA) is 74.7 Å². The van der Waals surface area contributed by atoms with Crippen LogP contribution in [0.2, 0.25) is 0 Å². The molecule has 0 bridgehead atoms. The first-order valence-corrected chi connectivity index (χ1v) is 7.97. The lowest BCUT2D eigenvalue weighted by atomic mass is 9.98. The number of anilines is 1. The molecule has 2 rings (SSSR count). The lowest BCUT2D eigenvalue weighted by Gasteiger charge is -2.33. The highest BCUT2D eigenvalue weighted by atomic mass is 32.2. The van der Waals surface area contributed by atoms with Gasteiger partial charge in [0.25, 0.3) is 0 Å². The van der Waals surface area contributed by atoms with E-state index < -0.39 is 32.4 Å². The fourth-order valence-electron chi connectivity index (χ4n) is 2.45. The highest BCUT2D eigenvalue weighted by molar-refractivity contribution is 7.91. The van der Waals surface area contributed by atoms with E-state index in [1.807, 2.05) is 0 Å². The summed E-state index contributed by atoms with van der Waals surface area (Å²) in [5.41, 5.74) is 0.142. The quantitative estimate of drug-likeness (QED) is 0.918. The molecular weight excluding hydrogens is 304 g/mol. The van der Waals surface area contributed by atoms with Crippen LogP contribution in [0.1, 0.15) is 12.8 Å². The fourth-order valence-corrected chi connectivity index (χ4v) is 3.40. The van der Waals surface area contributed by atoms with E-state index in [1.54, 1.807) is 11.0 Å². The first-order chi connectivity index (χ1) is 9.84. The molecule has 1 aliphatic rings. The molecule has 0 aromatic heterocycles. The van der Waals surface area contributed by atoms with Crippen LogP contribution in [-0.4, -0.2) is 38.3 Å². The third-order valence-electron chi connectivity index (χ3n) is 3.52. The van der Waals surface area contributed by atoms with Crippen molar-refractivity contribution in [1.82, 2.24) is 0 Å². The summed E-state index contributed by atoms with van der Waals surface area (Å²) in [6.07, 6.45) is 1.07. The summed E-state index contributed by atoms with van der Waals surface area (Å²) in [7, 11) is -4.72. The van der Waals surface area contributed by atoms with E-state index in [0.717, 1.165) is 6.07 Å². The molecule has 0 spiro atoms. The van der Waals surface area contributed by atoms with Gasteiger partial charge in [-0.1, -0.05) is 12.1 Å². The normalized spacial score (nSPS) is 19.8. The van der Waals surface area contributed by atoms with E-state index in [9.17, 15) is 22.0 Å². The van der Waals surface area contributed by atoms with Crippen LogP contribution in [0.5, 0.6) is 0 Å². The molecule has 0 aliphatic carbocycles. The SMILES string of the molecule is O=C(O)C1CCCN(c2ccccc2S(=O)(=O)C(F)F)C1. The van der Waals surface area contributed by atoms with Crippen molar-refractivity contribution in [3.05, 3.63) is 24.3 Å². The highest BCUT2D eigenvalue weighted by Gasteiger charge is 2.33. The lowest BCUT2D eigenvalue weighted by Crippen LogP contribution is -2.39. The molecule has 1 aliphatic heterocycles. The maximum Gasteiger partial charge on any atom is 0.341 e. The van der Waals surface area contributed by atoms with Gasteiger partial charge in [0.1, 0.15) is 0 Å². The Hall–Kier alpha value is -1.70. The number of alkyl halides is 2. The lowest BCUT2D eigenvalue weighted by molar-refractivity contribution is -0.141. The second-order valence-corrected chi connectivity index (χ2v) is 6.78. The van der Waals surface area contributed by atoms with Gasteiger partial charge in [0.05, 0.1) is 16.5 Å². The highest BCUT2D eigenvalue weighted by Crippen LogP contribution is 2.31. The van der Waals surface area contributed by atoms with Crippen molar-refractivity contribution < 1.29 is 27.1 Å². The van der Waals surface area contributed by atoms with Crippen LogP contribution < -0.4 is 4.90 Å². The van der Waals surface area contributed by atoms with E-state index in [0.29, 0.717) is 19.4 Å². The van der Waals surface area contributed by atoms with Crippen molar-refractivity contribution in [2.24, 2.45) is 5.92 Å². The molecule has 1 saturated heterocycles. The Morgan fingerprint density at radius 2 is 2.00 bits per heavy atom. The van der Waals surface area contributed by atoms with E-state index in [2.05, 4.69) is 0 Å². The summed E-state index contributed by atoms with van der Waals surface area (Å²) in [4.78, 5) is 12.2. The van der Waals surface area contributed by atoms with E-state index in [-0.39, 0.29) is 12.2 Å². The summed E-state index contributed by atoms with van der Waals surface area (Å²) in [5, 5.41) is 9.06. The molecule has 0 radical (unpaired) electrons. The number of carboxylic acid groups (broad SMARTS) is 1. The van der Waals surface area contributed by atoms with Crippen LogP contribution in [0, 0.1) is 5.92 Å².